The molecule has 2 rings (SSSR count). The molecular weight excluding hydrogens is 172 g/mol. The minimum absolute atomic E-state index is 0.243. The van der Waals surface area contributed by atoms with E-state index in [4.69, 9.17) is 11.6 Å². The largest absolute Gasteiger partial charge is 0.297 e. The van der Waals surface area contributed by atoms with Crippen molar-refractivity contribution in [2.75, 3.05) is 0 Å². The Balaban J connectivity index is 2.25. The fourth-order valence-electron chi connectivity index (χ4n) is 2.38. The molecule has 0 aromatic rings. The molecule has 1 nitrogen and oxygen atoms in total. The summed E-state index contributed by atoms with van der Waals surface area (Å²) in [5, 5.41) is 0. The minimum Gasteiger partial charge on any atom is -0.297 e. The Morgan fingerprint density at radius 3 is 3.17 bits per heavy atom. The molecule has 0 saturated heterocycles. The Morgan fingerprint density at radius 2 is 2.50 bits per heavy atom. The molecule has 3 atom stereocenters. The maximum atomic E-state index is 11.6. The second-order valence-electron chi connectivity index (χ2n) is 3.72. The summed E-state index contributed by atoms with van der Waals surface area (Å²) >= 11 is 6.22. The number of ketones is 1. The first-order valence-electron chi connectivity index (χ1n) is 4.60. The third kappa shape index (κ3) is 0.832. The van der Waals surface area contributed by atoms with Crippen LogP contribution in [-0.4, -0.2) is 10.7 Å². The van der Waals surface area contributed by atoms with E-state index in [0.29, 0.717) is 5.92 Å². The van der Waals surface area contributed by atoms with Crippen LogP contribution in [0.15, 0.2) is 12.2 Å². The molecule has 3 unspecified atom stereocenters. The van der Waals surface area contributed by atoms with E-state index in [1.54, 1.807) is 0 Å². The first-order valence-corrected chi connectivity index (χ1v) is 4.98. The minimum atomic E-state index is -0.540. The number of carbonyl (C=O) groups is 1. The fourth-order valence-corrected chi connectivity index (χ4v) is 2.75. The lowest BCUT2D eigenvalue weighted by Gasteiger charge is -2.49. The molecule has 0 amide bonds. The predicted molar refractivity (Wildman–Crippen MR) is 49.2 cm³/mol. The second kappa shape index (κ2) is 2.59. The van der Waals surface area contributed by atoms with Crippen molar-refractivity contribution in [3.63, 3.8) is 0 Å². The average Bonchev–Trinajstić information content (AvgIpc) is 2.16. The van der Waals surface area contributed by atoms with Crippen molar-refractivity contribution < 1.29 is 4.79 Å². The molecule has 12 heavy (non-hydrogen) atoms. The van der Waals surface area contributed by atoms with Gasteiger partial charge in [-0.15, -0.1) is 11.6 Å². The first-order chi connectivity index (χ1) is 5.70. The summed E-state index contributed by atoms with van der Waals surface area (Å²) in [6, 6.07) is 0. The maximum Gasteiger partial charge on any atom is 0.158 e. The Morgan fingerprint density at radius 1 is 1.75 bits per heavy atom. The van der Waals surface area contributed by atoms with E-state index in [-0.39, 0.29) is 11.7 Å². The molecule has 1 fully saturated rings. The van der Waals surface area contributed by atoms with E-state index < -0.39 is 4.87 Å². The quantitative estimate of drug-likeness (QED) is 0.452. The second-order valence-corrected chi connectivity index (χ2v) is 4.39. The van der Waals surface area contributed by atoms with Crippen molar-refractivity contribution in [1.29, 1.82) is 0 Å². The van der Waals surface area contributed by atoms with Gasteiger partial charge in [0.2, 0.25) is 0 Å². The molecule has 0 bridgehead atoms. The van der Waals surface area contributed by atoms with Crippen molar-refractivity contribution in [1.82, 2.24) is 0 Å². The van der Waals surface area contributed by atoms with Gasteiger partial charge in [0, 0.05) is 11.8 Å². The van der Waals surface area contributed by atoms with Crippen molar-refractivity contribution in [3.8, 4) is 0 Å². The van der Waals surface area contributed by atoms with Crippen LogP contribution in [0.2, 0.25) is 0 Å². The van der Waals surface area contributed by atoms with Crippen LogP contribution in [0, 0.1) is 11.8 Å². The van der Waals surface area contributed by atoms with Crippen LogP contribution in [0.4, 0.5) is 0 Å². The number of alkyl halides is 1. The van der Waals surface area contributed by atoms with E-state index in [1.807, 2.05) is 6.92 Å². The molecule has 2 aliphatic carbocycles. The van der Waals surface area contributed by atoms with Gasteiger partial charge in [-0.2, -0.15) is 0 Å². The molecule has 2 heteroatoms. The lowest BCUT2D eigenvalue weighted by Crippen LogP contribution is -2.59. The van der Waals surface area contributed by atoms with E-state index in [9.17, 15) is 4.79 Å². The molecule has 66 valence electrons. The molecule has 0 aromatic heterocycles. The molecule has 0 heterocycles. The summed E-state index contributed by atoms with van der Waals surface area (Å²) in [5.41, 5.74) is 0. The van der Waals surface area contributed by atoms with Gasteiger partial charge in [-0.1, -0.05) is 19.1 Å². The molecule has 1 saturated carbocycles. The lowest BCUT2D eigenvalue weighted by molar-refractivity contribution is -0.138. The smallest absolute Gasteiger partial charge is 0.158 e. The lowest BCUT2D eigenvalue weighted by atomic mass is 9.58. The molecule has 0 N–H and O–H groups in total. The number of rotatable bonds is 1. The topological polar surface area (TPSA) is 17.1 Å². The molecule has 0 aliphatic heterocycles. The normalized spacial score (nSPS) is 45.3. The fraction of sp³-hybridized carbons (Fsp3) is 0.700. The van der Waals surface area contributed by atoms with Gasteiger partial charge in [0.05, 0.1) is 0 Å². The van der Waals surface area contributed by atoms with Crippen molar-refractivity contribution in [2.24, 2.45) is 11.8 Å². The maximum absolute atomic E-state index is 11.6. The van der Waals surface area contributed by atoms with Gasteiger partial charge in [-0.3, -0.25) is 4.79 Å². The number of hydrogen-bond donors (Lipinski definition) is 0. The average molecular weight is 185 g/mol. The van der Waals surface area contributed by atoms with Gasteiger partial charge in [-0.25, -0.2) is 0 Å². The summed E-state index contributed by atoms with van der Waals surface area (Å²) in [4.78, 5) is 11.0. The van der Waals surface area contributed by atoms with Crippen LogP contribution < -0.4 is 0 Å². The highest BCUT2D eigenvalue weighted by molar-refractivity contribution is 6.38. The summed E-state index contributed by atoms with van der Waals surface area (Å²) in [5.74, 6) is 0.846. The van der Waals surface area contributed by atoms with Crippen LogP contribution in [-0.2, 0) is 4.79 Å². The SMILES string of the molecule is CCC1(Cl)C(=O)C2CCC=CC21. The van der Waals surface area contributed by atoms with Crippen molar-refractivity contribution in [2.45, 2.75) is 31.1 Å². The van der Waals surface area contributed by atoms with E-state index in [1.165, 1.54) is 0 Å². The van der Waals surface area contributed by atoms with Gasteiger partial charge in [0.25, 0.3) is 0 Å². The van der Waals surface area contributed by atoms with Gasteiger partial charge in [-0.05, 0) is 19.3 Å². The summed E-state index contributed by atoms with van der Waals surface area (Å²) in [6.07, 6.45) is 7.10. The third-order valence-corrected chi connectivity index (χ3v) is 3.92. The highest BCUT2D eigenvalue weighted by Crippen LogP contribution is 2.51. The number of fused-ring (bicyclic) bond motifs is 1. The third-order valence-electron chi connectivity index (χ3n) is 3.21. The van der Waals surface area contributed by atoms with Crippen LogP contribution in [0.3, 0.4) is 0 Å². The highest BCUT2D eigenvalue weighted by Gasteiger charge is 2.58. The van der Waals surface area contributed by atoms with Gasteiger partial charge in [0.1, 0.15) is 4.87 Å². The Labute approximate surface area is 77.8 Å². The van der Waals surface area contributed by atoms with E-state index in [2.05, 4.69) is 12.2 Å². The summed E-state index contributed by atoms with van der Waals surface area (Å²) in [6.45, 7) is 1.99. The molecule has 0 aromatic carbocycles. The van der Waals surface area contributed by atoms with Gasteiger partial charge in [0.15, 0.2) is 5.78 Å². The van der Waals surface area contributed by atoms with Crippen LogP contribution in [0.5, 0.6) is 0 Å². The summed E-state index contributed by atoms with van der Waals surface area (Å²) in [7, 11) is 0. The zero-order valence-electron chi connectivity index (χ0n) is 7.22. The summed E-state index contributed by atoms with van der Waals surface area (Å²) < 4.78 is 0. The standard InChI is InChI=1S/C10H13ClO/c1-2-10(11)8-6-4-3-5-7(8)9(10)12/h4,6-8H,2-3,5H2,1H3. The van der Waals surface area contributed by atoms with Crippen LogP contribution >= 0.6 is 11.6 Å². The van der Waals surface area contributed by atoms with E-state index in [0.717, 1.165) is 19.3 Å². The monoisotopic (exact) mass is 184 g/mol. The highest BCUT2D eigenvalue weighted by atomic mass is 35.5. The number of Topliss-reactive ketones (excluding diaryl/α,β-unsaturated/α-hetero) is 1. The molecular formula is C10H13ClO. The van der Waals surface area contributed by atoms with E-state index >= 15 is 0 Å². The number of allylic oxidation sites excluding steroid dienone is 2. The Kier molecular flexibility index (Phi) is 1.80. The zero-order chi connectivity index (χ0) is 8.77. The number of carbonyl (C=O) groups excluding carboxylic acids is 1. The van der Waals surface area contributed by atoms with Crippen molar-refractivity contribution >= 4 is 17.4 Å². The number of hydrogen-bond acceptors (Lipinski definition) is 1. The Bertz CT molecular complexity index is 246. The zero-order valence-corrected chi connectivity index (χ0v) is 7.97. The van der Waals surface area contributed by atoms with Crippen LogP contribution in [0.1, 0.15) is 26.2 Å². The first kappa shape index (κ1) is 8.31. The molecule has 0 radical (unpaired) electrons. The predicted octanol–water partition coefficient (Wildman–Crippen LogP) is 2.54. The van der Waals surface area contributed by atoms with Gasteiger partial charge < -0.3 is 0 Å². The van der Waals surface area contributed by atoms with Gasteiger partial charge >= 0.3 is 0 Å². The molecule has 0 spiro atoms. The Hall–Kier alpha value is -0.300. The van der Waals surface area contributed by atoms with Crippen molar-refractivity contribution in [3.05, 3.63) is 12.2 Å². The van der Waals surface area contributed by atoms with Crippen LogP contribution in [0.25, 0.3) is 0 Å². The molecule has 2 aliphatic rings. The number of halogens is 1.